The van der Waals surface area contributed by atoms with Gasteiger partial charge in [0.05, 0.1) is 36.1 Å². The highest BCUT2D eigenvalue weighted by Gasteiger charge is 2.34. The summed E-state index contributed by atoms with van der Waals surface area (Å²) in [6.07, 6.45) is 5.11. The minimum Gasteiger partial charge on any atom is -0.394 e. The average Bonchev–Trinajstić information content (AvgIpc) is 3.50. The zero-order valence-electron chi connectivity index (χ0n) is 18.4. The van der Waals surface area contributed by atoms with Crippen LogP contribution in [0.25, 0.3) is 11.3 Å². The monoisotopic (exact) mass is 481 g/mol. The number of nitrogens with zero attached hydrogens (tertiary/aromatic N) is 6. The van der Waals surface area contributed by atoms with E-state index in [-0.39, 0.29) is 24.2 Å². The molecule has 34 heavy (non-hydrogen) atoms. The van der Waals surface area contributed by atoms with Gasteiger partial charge in [0.25, 0.3) is 0 Å². The van der Waals surface area contributed by atoms with Crippen molar-refractivity contribution in [3.8, 4) is 11.3 Å². The molecule has 0 saturated carbocycles. The molecule has 4 heterocycles. The molecular weight excluding hydrogens is 461 g/mol. The Balaban J connectivity index is 1.42. The van der Waals surface area contributed by atoms with E-state index in [0.29, 0.717) is 17.2 Å². The number of halogens is 2. The lowest BCUT2D eigenvalue weighted by molar-refractivity contribution is 0.141. The molecule has 0 saturated heterocycles. The van der Waals surface area contributed by atoms with Gasteiger partial charge in [0, 0.05) is 36.8 Å². The van der Waals surface area contributed by atoms with Crippen LogP contribution in [0.5, 0.6) is 0 Å². The molecule has 174 valence electrons. The summed E-state index contributed by atoms with van der Waals surface area (Å²) in [7, 11) is 1.81. The third-order valence-electron chi connectivity index (χ3n) is 5.87. The van der Waals surface area contributed by atoms with Crippen molar-refractivity contribution in [2.75, 3.05) is 11.9 Å². The Hall–Kier alpha value is -3.76. The first kappa shape index (κ1) is 22.1. The topological polar surface area (TPSA) is 101 Å². The van der Waals surface area contributed by atoms with Crippen molar-refractivity contribution in [3.63, 3.8) is 0 Å². The van der Waals surface area contributed by atoms with E-state index in [4.69, 9.17) is 11.6 Å². The van der Waals surface area contributed by atoms with Gasteiger partial charge in [-0.2, -0.15) is 5.10 Å². The Bertz CT molecular complexity index is 1400. The fourth-order valence-corrected chi connectivity index (χ4v) is 4.19. The Morgan fingerprint density at radius 2 is 2.12 bits per heavy atom. The van der Waals surface area contributed by atoms with Crippen LogP contribution < -0.4 is 5.32 Å². The maximum absolute atomic E-state index is 14.0. The quantitative estimate of drug-likeness (QED) is 0.431. The molecule has 0 fully saturated rings. The molecule has 5 rings (SSSR count). The van der Waals surface area contributed by atoms with Crippen molar-refractivity contribution in [2.24, 2.45) is 7.05 Å². The molecule has 0 spiro atoms. The number of carbonyl (C=O) groups is 1. The van der Waals surface area contributed by atoms with Gasteiger partial charge in [-0.05, 0) is 36.2 Å². The SMILES string of the molecule is Cc1cnc(Nc2ccnn2C)nc1-c1cc2n(c1)C(=O)N(C(CO)c1ccc(Cl)c(F)c1)C2. The Kier molecular flexibility index (Phi) is 5.54. The molecule has 1 aliphatic heterocycles. The summed E-state index contributed by atoms with van der Waals surface area (Å²) in [5, 5.41) is 17.2. The second-order valence-electron chi connectivity index (χ2n) is 8.06. The number of nitrogens with one attached hydrogen (secondary N) is 1. The van der Waals surface area contributed by atoms with E-state index in [9.17, 15) is 14.3 Å². The number of aryl methyl sites for hydroxylation is 2. The van der Waals surface area contributed by atoms with Gasteiger partial charge < -0.3 is 15.3 Å². The van der Waals surface area contributed by atoms with Crippen molar-refractivity contribution in [2.45, 2.75) is 19.5 Å². The summed E-state index contributed by atoms with van der Waals surface area (Å²) in [6, 6.07) is 6.97. The number of amides is 1. The van der Waals surface area contributed by atoms with E-state index in [2.05, 4.69) is 20.4 Å². The van der Waals surface area contributed by atoms with Crippen LogP contribution in [-0.2, 0) is 13.6 Å². The van der Waals surface area contributed by atoms with Gasteiger partial charge in [0.2, 0.25) is 5.95 Å². The fraction of sp³-hybridized carbons (Fsp3) is 0.217. The second-order valence-corrected chi connectivity index (χ2v) is 8.47. The molecule has 1 aliphatic rings. The number of aliphatic hydroxyl groups excluding tert-OH is 1. The molecule has 1 unspecified atom stereocenters. The molecule has 2 N–H and O–H groups in total. The van der Waals surface area contributed by atoms with E-state index >= 15 is 0 Å². The normalized spacial score (nSPS) is 13.9. The number of hydrogen-bond acceptors (Lipinski definition) is 6. The molecule has 1 atom stereocenters. The summed E-state index contributed by atoms with van der Waals surface area (Å²) < 4.78 is 17.2. The molecule has 11 heteroatoms. The number of aromatic nitrogens is 5. The lowest BCUT2D eigenvalue weighted by Gasteiger charge is -2.26. The zero-order valence-corrected chi connectivity index (χ0v) is 19.2. The summed E-state index contributed by atoms with van der Waals surface area (Å²) in [6.45, 7) is 1.81. The van der Waals surface area contributed by atoms with Crippen LogP contribution in [-0.4, -0.2) is 47.0 Å². The number of rotatable bonds is 6. The predicted octanol–water partition coefficient (Wildman–Crippen LogP) is 4.04. The van der Waals surface area contributed by atoms with Gasteiger partial charge in [0.15, 0.2) is 0 Å². The van der Waals surface area contributed by atoms with Gasteiger partial charge >= 0.3 is 6.03 Å². The van der Waals surface area contributed by atoms with E-state index < -0.39 is 11.9 Å². The molecule has 0 bridgehead atoms. The predicted molar refractivity (Wildman–Crippen MR) is 124 cm³/mol. The highest BCUT2D eigenvalue weighted by atomic mass is 35.5. The molecule has 1 aromatic carbocycles. The van der Waals surface area contributed by atoms with E-state index in [1.54, 1.807) is 29.3 Å². The number of anilines is 2. The summed E-state index contributed by atoms with van der Waals surface area (Å²) in [5.41, 5.74) is 3.54. The van der Waals surface area contributed by atoms with Gasteiger partial charge in [-0.15, -0.1) is 0 Å². The van der Waals surface area contributed by atoms with Crippen molar-refractivity contribution in [1.82, 2.24) is 29.2 Å². The molecule has 4 aromatic rings. The van der Waals surface area contributed by atoms with Crippen LogP contribution in [0.2, 0.25) is 5.02 Å². The third-order valence-corrected chi connectivity index (χ3v) is 6.17. The van der Waals surface area contributed by atoms with Crippen LogP contribution in [0.3, 0.4) is 0 Å². The summed E-state index contributed by atoms with van der Waals surface area (Å²) in [5.74, 6) is 0.559. The first-order valence-electron chi connectivity index (χ1n) is 10.5. The number of benzene rings is 1. The minimum absolute atomic E-state index is 0.0124. The van der Waals surface area contributed by atoms with Gasteiger partial charge in [-0.25, -0.2) is 19.2 Å². The Labute approximate surface area is 199 Å². The second kappa shape index (κ2) is 8.54. The van der Waals surface area contributed by atoms with Crippen LogP contribution in [0, 0.1) is 12.7 Å². The number of carbonyl (C=O) groups excluding carboxylic acids is 1. The standard InChI is InChI=1S/C23H21ClFN7O2/c1-13-9-26-22(28-20-5-6-27-30(20)2)29-21(13)15-7-16-11-32(23(34)31(16)10-15)19(12-33)14-3-4-17(24)18(25)8-14/h3-10,19,33H,11-12H2,1-2H3,(H,26,28,29). The largest absolute Gasteiger partial charge is 0.394 e. The molecular formula is C23H21ClFN7O2. The van der Waals surface area contributed by atoms with E-state index in [1.165, 1.54) is 21.6 Å². The van der Waals surface area contributed by atoms with Crippen molar-refractivity contribution in [3.05, 3.63) is 76.6 Å². The number of aliphatic hydroxyl groups is 1. The highest BCUT2D eigenvalue weighted by Crippen LogP contribution is 2.33. The smallest absolute Gasteiger partial charge is 0.329 e. The van der Waals surface area contributed by atoms with Crippen molar-refractivity contribution < 1.29 is 14.3 Å². The minimum atomic E-state index is -0.696. The summed E-state index contributed by atoms with van der Waals surface area (Å²) in [4.78, 5) is 23.7. The third kappa shape index (κ3) is 3.80. The van der Waals surface area contributed by atoms with Gasteiger partial charge in [-0.3, -0.25) is 9.25 Å². The Morgan fingerprint density at radius 3 is 2.79 bits per heavy atom. The molecule has 1 amide bonds. The maximum atomic E-state index is 14.0. The van der Waals surface area contributed by atoms with Crippen molar-refractivity contribution in [1.29, 1.82) is 0 Å². The van der Waals surface area contributed by atoms with E-state index in [0.717, 1.165) is 22.6 Å². The highest BCUT2D eigenvalue weighted by molar-refractivity contribution is 6.30. The lowest BCUT2D eigenvalue weighted by atomic mass is 10.1. The fourth-order valence-electron chi connectivity index (χ4n) is 4.07. The maximum Gasteiger partial charge on any atom is 0.329 e. The Morgan fingerprint density at radius 1 is 1.29 bits per heavy atom. The zero-order chi connectivity index (χ0) is 24.0. The molecule has 9 nitrogen and oxygen atoms in total. The van der Waals surface area contributed by atoms with Gasteiger partial charge in [0.1, 0.15) is 11.6 Å². The van der Waals surface area contributed by atoms with Crippen LogP contribution in [0.1, 0.15) is 22.9 Å². The van der Waals surface area contributed by atoms with Crippen LogP contribution in [0.4, 0.5) is 21.0 Å². The van der Waals surface area contributed by atoms with Crippen molar-refractivity contribution >= 4 is 29.4 Å². The number of hydrogen-bond donors (Lipinski definition) is 2. The molecule has 3 aromatic heterocycles. The van der Waals surface area contributed by atoms with Gasteiger partial charge in [-0.1, -0.05) is 17.7 Å². The van der Waals surface area contributed by atoms with E-state index in [1.807, 2.05) is 26.1 Å². The number of fused-ring (bicyclic) bond motifs is 1. The first-order chi connectivity index (χ1) is 16.4. The van der Waals surface area contributed by atoms with Crippen LogP contribution in [0.15, 0.2) is 48.9 Å². The van der Waals surface area contributed by atoms with Crippen LogP contribution >= 0.6 is 11.6 Å². The summed E-state index contributed by atoms with van der Waals surface area (Å²) >= 11 is 5.78. The molecule has 0 radical (unpaired) electrons. The lowest BCUT2D eigenvalue weighted by Crippen LogP contribution is -2.33. The molecule has 0 aliphatic carbocycles. The first-order valence-corrected chi connectivity index (χ1v) is 10.9. The average molecular weight is 482 g/mol.